The highest BCUT2D eigenvalue weighted by Gasteiger charge is 2.07. The van der Waals surface area contributed by atoms with Crippen molar-refractivity contribution in [3.8, 4) is 21.8 Å². The normalized spacial score (nSPS) is 11.2. The molecule has 3 rings (SSSR count). The number of nitrogens with zero attached hydrogens (tertiary/aromatic N) is 1. The molecule has 0 amide bonds. The summed E-state index contributed by atoms with van der Waals surface area (Å²) in [6.07, 6.45) is 8.12. The van der Waals surface area contributed by atoms with Crippen LogP contribution >= 0.6 is 22.9 Å². The summed E-state index contributed by atoms with van der Waals surface area (Å²) < 4.78 is 0. The summed E-state index contributed by atoms with van der Waals surface area (Å²) in [6, 6.07) is 16.5. The molecule has 0 aliphatic rings. The van der Waals surface area contributed by atoms with Gasteiger partial charge in [0, 0.05) is 41.2 Å². The first-order valence-electron chi connectivity index (χ1n) is 11.5. The third-order valence-corrected chi connectivity index (χ3v) is 6.50. The summed E-state index contributed by atoms with van der Waals surface area (Å²) in [7, 11) is 0. The summed E-state index contributed by atoms with van der Waals surface area (Å²) >= 11 is 7.65. The van der Waals surface area contributed by atoms with E-state index in [0.717, 1.165) is 53.0 Å². The first-order chi connectivity index (χ1) is 15.3. The second-order valence-electron chi connectivity index (χ2n) is 7.94. The minimum absolute atomic E-state index is 0.748. The van der Waals surface area contributed by atoms with E-state index in [1.165, 1.54) is 44.1 Å². The van der Waals surface area contributed by atoms with Crippen molar-refractivity contribution in [2.24, 2.45) is 0 Å². The van der Waals surface area contributed by atoms with E-state index >= 15 is 0 Å². The van der Waals surface area contributed by atoms with Crippen molar-refractivity contribution in [2.75, 3.05) is 19.6 Å². The molecule has 0 saturated carbocycles. The van der Waals surface area contributed by atoms with Crippen LogP contribution < -0.4 is 10.6 Å². The highest BCUT2D eigenvalue weighted by molar-refractivity contribution is 7.13. The number of nitrogens with one attached hydrogen (secondary N) is 2. The smallest absolute Gasteiger partial charge is 0.124 e. The van der Waals surface area contributed by atoms with Crippen molar-refractivity contribution in [3.05, 3.63) is 64.5 Å². The Morgan fingerprint density at radius 3 is 2.23 bits per heavy atom. The fourth-order valence-electron chi connectivity index (χ4n) is 3.49. The number of unbranched alkanes of at least 4 members (excludes halogenated alkanes) is 5. The zero-order valence-electron chi connectivity index (χ0n) is 18.5. The molecule has 1 aromatic heterocycles. The molecule has 0 unspecified atom stereocenters. The van der Waals surface area contributed by atoms with Crippen LogP contribution in [0, 0.1) is 0 Å². The molecular weight excluding hydrogens is 422 g/mol. The largest absolute Gasteiger partial charge is 0.315 e. The van der Waals surface area contributed by atoms with Crippen LogP contribution in [0.3, 0.4) is 0 Å². The first kappa shape index (κ1) is 23.9. The minimum atomic E-state index is 0.748. The van der Waals surface area contributed by atoms with Gasteiger partial charge in [-0.2, -0.15) is 0 Å². The lowest BCUT2D eigenvalue weighted by molar-refractivity contribution is 0.557. The summed E-state index contributed by atoms with van der Waals surface area (Å²) in [5.41, 5.74) is 4.58. The standard InChI is InChI=1S/C26H34ClN3S/c1-2-3-4-5-6-7-16-28-17-18-29-19-21-8-10-22(11-9-21)25-20-31-26(30-25)23-12-14-24(27)15-13-23/h8-15,20,28-29H,2-7,16-19H2,1H3. The van der Waals surface area contributed by atoms with Gasteiger partial charge in [-0.05, 0) is 30.7 Å². The molecule has 0 fully saturated rings. The van der Waals surface area contributed by atoms with E-state index in [2.05, 4.69) is 47.2 Å². The van der Waals surface area contributed by atoms with Crippen molar-refractivity contribution < 1.29 is 0 Å². The Kier molecular flexibility index (Phi) is 10.5. The first-order valence-corrected chi connectivity index (χ1v) is 12.7. The number of rotatable bonds is 14. The molecule has 2 N–H and O–H groups in total. The van der Waals surface area contributed by atoms with Gasteiger partial charge in [0.25, 0.3) is 0 Å². The fraction of sp³-hybridized carbons (Fsp3) is 0.423. The molecular formula is C26H34ClN3S. The number of aromatic nitrogens is 1. The van der Waals surface area contributed by atoms with E-state index in [0.29, 0.717) is 0 Å². The van der Waals surface area contributed by atoms with Crippen LogP contribution in [-0.4, -0.2) is 24.6 Å². The highest BCUT2D eigenvalue weighted by atomic mass is 35.5. The molecule has 0 spiro atoms. The van der Waals surface area contributed by atoms with Crippen molar-refractivity contribution in [2.45, 2.75) is 52.0 Å². The lowest BCUT2D eigenvalue weighted by atomic mass is 10.1. The van der Waals surface area contributed by atoms with E-state index in [9.17, 15) is 0 Å². The third-order valence-electron chi connectivity index (χ3n) is 5.36. The van der Waals surface area contributed by atoms with E-state index in [1.807, 2.05) is 24.3 Å². The second kappa shape index (κ2) is 13.6. The SMILES string of the molecule is CCCCCCCCNCCNCc1ccc(-c2csc(-c3ccc(Cl)cc3)n2)cc1. The van der Waals surface area contributed by atoms with Crippen LogP contribution in [0.25, 0.3) is 21.8 Å². The molecule has 0 saturated heterocycles. The van der Waals surface area contributed by atoms with Gasteiger partial charge in [0.2, 0.25) is 0 Å². The van der Waals surface area contributed by atoms with Gasteiger partial charge in [0.15, 0.2) is 0 Å². The molecule has 166 valence electrons. The van der Waals surface area contributed by atoms with E-state index < -0.39 is 0 Å². The average molecular weight is 456 g/mol. The minimum Gasteiger partial charge on any atom is -0.315 e. The van der Waals surface area contributed by atoms with Gasteiger partial charge in [-0.1, -0.05) is 87.0 Å². The Hall–Kier alpha value is -1.72. The van der Waals surface area contributed by atoms with Gasteiger partial charge in [-0.15, -0.1) is 11.3 Å². The maximum atomic E-state index is 5.98. The molecule has 0 aliphatic heterocycles. The molecule has 1 heterocycles. The number of benzene rings is 2. The second-order valence-corrected chi connectivity index (χ2v) is 9.23. The Labute approximate surface area is 196 Å². The van der Waals surface area contributed by atoms with Gasteiger partial charge in [0.1, 0.15) is 5.01 Å². The number of halogens is 1. The van der Waals surface area contributed by atoms with Crippen molar-refractivity contribution in [1.29, 1.82) is 0 Å². The van der Waals surface area contributed by atoms with Gasteiger partial charge < -0.3 is 10.6 Å². The molecule has 2 aromatic carbocycles. The van der Waals surface area contributed by atoms with Crippen LogP contribution in [0.1, 0.15) is 51.0 Å². The maximum Gasteiger partial charge on any atom is 0.124 e. The molecule has 0 atom stereocenters. The Morgan fingerprint density at radius 2 is 1.45 bits per heavy atom. The van der Waals surface area contributed by atoms with Crippen LogP contribution in [0.2, 0.25) is 5.02 Å². The van der Waals surface area contributed by atoms with Crippen LogP contribution in [0.4, 0.5) is 0 Å². The topological polar surface area (TPSA) is 37.0 Å². The van der Waals surface area contributed by atoms with Crippen LogP contribution in [0.15, 0.2) is 53.9 Å². The quantitative estimate of drug-likeness (QED) is 0.253. The molecule has 0 bridgehead atoms. The molecule has 0 aliphatic carbocycles. The van der Waals surface area contributed by atoms with Crippen molar-refractivity contribution in [3.63, 3.8) is 0 Å². The lowest BCUT2D eigenvalue weighted by Crippen LogP contribution is -2.27. The highest BCUT2D eigenvalue weighted by Crippen LogP contribution is 2.29. The van der Waals surface area contributed by atoms with Crippen molar-refractivity contribution >= 4 is 22.9 Å². The third kappa shape index (κ3) is 8.38. The zero-order chi connectivity index (χ0) is 21.7. The van der Waals surface area contributed by atoms with Gasteiger partial charge in [-0.25, -0.2) is 4.98 Å². The number of hydrogen-bond donors (Lipinski definition) is 2. The monoisotopic (exact) mass is 455 g/mol. The predicted molar refractivity (Wildman–Crippen MR) is 136 cm³/mol. The average Bonchev–Trinajstić information content (AvgIpc) is 3.29. The predicted octanol–water partition coefficient (Wildman–Crippen LogP) is 7.17. The Balaban J connectivity index is 1.34. The van der Waals surface area contributed by atoms with E-state index in [-0.39, 0.29) is 0 Å². The fourth-order valence-corrected chi connectivity index (χ4v) is 4.45. The molecule has 31 heavy (non-hydrogen) atoms. The lowest BCUT2D eigenvalue weighted by Gasteiger charge is -2.07. The molecule has 3 nitrogen and oxygen atoms in total. The van der Waals surface area contributed by atoms with Crippen LogP contribution in [-0.2, 0) is 6.54 Å². The van der Waals surface area contributed by atoms with Crippen molar-refractivity contribution in [1.82, 2.24) is 15.6 Å². The Bertz CT molecular complexity index is 874. The summed E-state index contributed by atoms with van der Waals surface area (Å²) in [6.45, 7) is 6.32. The number of thiazole rings is 1. The summed E-state index contributed by atoms with van der Waals surface area (Å²) in [5.74, 6) is 0. The van der Waals surface area contributed by atoms with Crippen LogP contribution in [0.5, 0.6) is 0 Å². The maximum absolute atomic E-state index is 5.98. The zero-order valence-corrected chi connectivity index (χ0v) is 20.1. The van der Waals surface area contributed by atoms with Gasteiger partial charge in [-0.3, -0.25) is 0 Å². The number of hydrogen-bond acceptors (Lipinski definition) is 4. The summed E-state index contributed by atoms with van der Waals surface area (Å²) in [5, 5.41) is 10.9. The van der Waals surface area contributed by atoms with Gasteiger partial charge in [0.05, 0.1) is 5.69 Å². The molecule has 5 heteroatoms. The van der Waals surface area contributed by atoms with E-state index in [1.54, 1.807) is 11.3 Å². The molecule has 3 aromatic rings. The Morgan fingerprint density at radius 1 is 0.774 bits per heavy atom. The molecule has 0 radical (unpaired) electrons. The van der Waals surface area contributed by atoms with Gasteiger partial charge >= 0.3 is 0 Å². The van der Waals surface area contributed by atoms with E-state index in [4.69, 9.17) is 16.6 Å². The summed E-state index contributed by atoms with van der Waals surface area (Å²) in [4.78, 5) is 4.79.